The summed E-state index contributed by atoms with van der Waals surface area (Å²) < 4.78 is 43.9. The van der Waals surface area contributed by atoms with Gasteiger partial charge in [0.05, 0.1) is 22.6 Å². The van der Waals surface area contributed by atoms with Gasteiger partial charge in [0.1, 0.15) is 14.8 Å². The number of thiophene rings is 1. The zero-order valence-electron chi connectivity index (χ0n) is 16.3. The topological polar surface area (TPSA) is 58.9 Å². The number of alkyl halides is 3. The summed E-state index contributed by atoms with van der Waals surface area (Å²) in [6.07, 6.45) is -4.36. The number of aromatic nitrogens is 1. The molecule has 0 saturated heterocycles. The molecule has 0 atom stereocenters. The molecule has 0 spiro atoms. The van der Waals surface area contributed by atoms with Crippen molar-refractivity contribution in [3.8, 4) is 10.6 Å². The summed E-state index contributed by atoms with van der Waals surface area (Å²) in [4.78, 5) is 5.52. The maximum atomic E-state index is 12.6. The number of thiazole rings is 1. The summed E-state index contributed by atoms with van der Waals surface area (Å²) in [6.45, 7) is 1.38. The Bertz CT molecular complexity index is 1150. The third kappa shape index (κ3) is 5.27. The van der Waals surface area contributed by atoms with E-state index in [4.69, 9.17) is 4.74 Å². The SMILES string of the molecule is COCCNc1ccc(-c2nc3sc(N=Nc4ccc(C(F)(F)F)cc4)cc3s2)cc1. The number of anilines is 1. The van der Waals surface area contributed by atoms with Gasteiger partial charge in [0.15, 0.2) is 0 Å². The number of fused-ring (bicyclic) bond motifs is 1. The molecule has 4 rings (SSSR count). The number of nitrogens with one attached hydrogen (secondary N) is 1. The molecule has 0 amide bonds. The first-order valence-electron chi connectivity index (χ1n) is 9.25. The van der Waals surface area contributed by atoms with Crippen LogP contribution in [0.5, 0.6) is 0 Å². The highest BCUT2D eigenvalue weighted by Crippen LogP contribution is 2.39. The van der Waals surface area contributed by atoms with Gasteiger partial charge in [-0.15, -0.1) is 21.6 Å². The van der Waals surface area contributed by atoms with Gasteiger partial charge in [0.2, 0.25) is 0 Å². The zero-order valence-corrected chi connectivity index (χ0v) is 17.9. The molecule has 2 aromatic heterocycles. The van der Waals surface area contributed by atoms with Crippen molar-refractivity contribution in [2.75, 3.05) is 25.6 Å². The van der Waals surface area contributed by atoms with Crippen LogP contribution >= 0.6 is 22.7 Å². The van der Waals surface area contributed by atoms with Crippen LogP contribution in [0.3, 0.4) is 0 Å². The van der Waals surface area contributed by atoms with Crippen molar-refractivity contribution in [1.29, 1.82) is 0 Å². The Morgan fingerprint density at radius 2 is 1.74 bits per heavy atom. The van der Waals surface area contributed by atoms with E-state index in [1.54, 1.807) is 18.4 Å². The molecule has 2 aromatic carbocycles. The lowest BCUT2D eigenvalue weighted by molar-refractivity contribution is -0.137. The van der Waals surface area contributed by atoms with Crippen LogP contribution in [0, 0.1) is 0 Å². The summed E-state index contributed by atoms with van der Waals surface area (Å²) in [6, 6.07) is 14.5. The maximum Gasteiger partial charge on any atom is 0.416 e. The van der Waals surface area contributed by atoms with Crippen LogP contribution in [0.1, 0.15) is 5.56 Å². The first-order valence-corrected chi connectivity index (χ1v) is 10.9. The van der Waals surface area contributed by atoms with E-state index in [-0.39, 0.29) is 0 Å². The molecular weight excluding hydrogens is 445 g/mol. The lowest BCUT2D eigenvalue weighted by Crippen LogP contribution is -2.07. The van der Waals surface area contributed by atoms with Crippen LogP contribution in [0.2, 0.25) is 0 Å². The van der Waals surface area contributed by atoms with Crippen LogP contribution in [0.4, 0.5) is 29.5 Å². The average molecular weight is 463 g/mol. The van der Waals surface area contributed by atoms with Crippen molar-refractivity contribution in [3.63, 3.8) is 0 Å². The van der Waals surface area contributed by atoms with E-state index in [0.717, 1.165) is 44.5 Å². The number of halogens is 3. The molecule has 1 N–H and O–H groups in total. The Labute approximate surface area is 184 Å². The highest BCUT2D eigenvalue weighted by atomic mass is 32.1. The lowest BCUT2D eigenvalue weighted by Gasteiger charge is -2.05. The number of ether oxygens (including phenoxy) is 1. The molecule has 2 heterocycles. The molecule has 0 radical (unpaired) electrons. The van der Waals surface area contributed by atoms with E-state index < -0.39 is 11.7 Å². The second-order valence-electron chi connectivity index (χ2n) is 6.51. The number of azo groups is 1. The van der Waals surface area contributed by atoms with Crippen LogP contribution in [0.25, 0.3) is 20.1 Å². The largest absolute Gasteiger partial charge is 0.416 e. The standard InChI is InChI=1S/C21H17F3N4OS2/c1-29-11-10-25-15-6-2-13(3-7-15)19-26-20-17(30-19)12-18(31-20)28-27-16-8-4-14(5-9-16)21(22,23)24/h2-9,12,25H,10-11H2,1H3. The zero-order chi connectivity index (χ0) is 21.8. The fraction of sp³-hybridized carbons (Fsp3) is 0.190. The Kier molecular flexibility index (Phi) is 6.30. The van der Waals surface area contributed by atoms with Crippen molar-refractivity contribution in [1.82, 2.24) is 4.98 Å². The second-order valence-corrected chi connectivity index (χ2v) is 8.55. The van der Waals surface area contributed by atoms with Gasteiger partial charge in [-0.1, -0.05) is 11.3 Å². The molecule has 0 aliphatic carbocycles. The highest BCUT2D eigenvalue weighted by Gasteiger charge is 2.29. The molecule has 160 valence electrons. The third-order valence-corrected chi connectivity index (χ3v) is 6.40. The highest BCUT2D eigenvalue weighted by molar-refractivity contribution is 7.30. The van der Waals surface area contributed by atoms with E-state index in [9.17, 15) is 13.2 Å². The molecule has 31 heavy (non-hydrogen) atoms. The molecule has 0 aliphatic heterocycles. The minimum atomic E-state index is -4.36. The quantitative estimate of drug-likeness (QED) is 0.228. The first-order chi connectivity index (χ1) is 14.9. The molecule has 0 fully saturated rings. The van der Waals surface area contributed by atoms with Crippen molar-refractivity contribution < 1.29 is 17.9 Å². The van der Waals surface area contributed by atoms with Crippen molar-refractivity contribution in [2.45, 2.75) is 6.18 Å². The monoisotopic (exact) mass is 462 g/mol. The molecule has 0 bridgehead atoms. The van der Waals surface area contributed by atoms with Crippen LogP contribution in [0.15, 0.2) is 64.8 Å². The van der Waals surface area contributed by atoms with E-state index in [1.165, 1.54) is 23.5 Å². The number of rotatable bonds is 7. The van der Waals surface area contributed by atoms with Gasteiger partial charge < -0.3 is 10.1 Å². The smallest absolute Gasteiger partial charge is 0.383 e. The van der Waals surface area contributed by atoms with Gasteiger partial charge in [0, 0.05) is 24.9 Å². The molecular formula is C21H17F3N4OS2. The normalized spacial score (nSPS) is 12.1. The van der Waals surface area contributed by atoms with Gasteiger partial charge in [-0.3, -0.25) is 0 Å². The number of methoxy groups -OCH3 is 1. The maximum absolute atomic E-state index is 12.6. The molecule has 0 unspecified atom stereocenters. The van der Waals surface area contributed by atoms with Crippen LogP contribution in [-0.2, 0) is 10.9 Å². The van der Waals surface area contributed by atoms with E-state index >= 15 is 0 Å². The molecule has 4 aromatic rings. The number of nitrogens with zero attached hydrogens (tertiary/aromatic N) is 3. The fourth-order valence-corrected chi connectivity index (χ4v) is 4.79. The predicted octanol–water partition coefficient (Wildman–Crippen LogP) is 7.52. The second kappa shape index (κ2) is 9.13. The van der Waals surface area contributed by atoms with Crippen molar-refractivity contribution in [3.05, 3.63) is 60.2 Å². The van der Waals surface area contributed by atoms with Crippen LogP contribution < -0.4 is 5.32 Å². The first kappa shape index (κ1) is 21.4. The minimum Gasteiger partial charge on any atom is -0.383 e. The van der Waals surface area contributed by atoms with Crippen LogP contribution in [-0.4, -0.2) is 25.2 Å². The van der Waals surface area contributed by atoms with Gasteiger partial charge in [-0.2, -0.15) is 13.2 Å². The summed E-state index contributed by atoms with van der Waals surface area (Å²) in [7, 11) is 1.67. The summed E-state index contributed by atoms with van der Waals surface area (Å²) in [5.74, 6) is 0. The van der Waals surface area contributed by atoms with Gasteiger partial charge in [-0.05, 0) is 54.6 Å². The lowest BCUT2D eigenvalue weighted by atomic mass is 10.2. The molecule has 0 aliphatic rings. The number of hydrogen-bond acceptors (Lipinski definition) is 7. The van der Waals surface area contributed by atoms with E-state index in [1.807, 2.05) is 30.3 Å². The fourth-order valence-electron chi connectivity index (χ4n) is 2.75. The van der Waals surface area contributed by atoms with Gasteiger partial charge >= 0.3 is 6.18 Å². The van der Waals surface area contributed by atoms with Gasteiger partial charge in [-0.25, -0.2) is 4.98 Å². The van der Waals surface area contributed by atoms with E-state index in [0.29, 0.717) is 17.3 Å². The Morgan fingerprint density at radius 1 is 1.00 bits per heavy atom. The Balaban J connectivity index is 1.44. The molecule has 0 saturated carbocycles. The third-order valence-electron chi connectivity index (χ3n) is 4.30. The van der Waals surface area contributed by atoms with E-state index in [2.05, 4.69) is 20.5 Å². The predicted molar refractivity (Wildman–Crippen MR) is 119 cm³/mol. The summed E-state index contributed by atoms with van der Waals surface area (Å²) in [5.41, 5.74) is 1.69. The van der Waals surface area contributed by atoms with Crippen molar-refractivity contribution in [2.24, 2.45) is 10.2 Å². The number of hydrogen-bond donors (Lipinski definition) is 1. The van der Waals surface area contributed by atoms with Gasteiger partial charge in [0.25, 0.3) is 0 Å². The molecule has 5 nitrogen and oxygen atoms in total. The minimum absolute atomic E-state index is 0.359. The summed E-state index contributed by atoms with van der Waals surface area (Å²) in [5, 5.41) is 13.0. The average Bonchev–Trinajstić information content (AvgIpc) is 3.32. The Morgan fingerprint density at radius 3 is 2.39 bits per heavy atom. The van der Waals surface area contributed by atoms with Crippen molar-refractivity contribution >= 4 is 48.6 Å². The Hall–Kier alpha value is -2.82. The molecule has 10 heteroatoms. The number of benzene rings is 2. The summed E-state index contributed by atoms with van der Waals surface area (Å²) >= 11 is 2.95.